The van der Waals surface area contributed by atoms with Crippen LogP contribution in [0.25, 0.3) is 16.7 Å². The number of amides is 2. The molecular formula is C25H30N6O3. The summed E-state index contributed by atoms with van der Waals surface area (Å²) in [5.41, 5.74) is 3.23. The van der Waals surface area contributed by atoms with Crippen LogP contribution >= 0.6 is 0 Å². The smallest absolute Gasteiger partial charge is 0.324 e. The number of nitrogens with one attached hydrogen (secondary N) is 2. The Balaban J connectivity index is 1.40. The summed E-state index contributed by atoms with van der Waals surface area (Å²) in [6.45, 7) is 7.52. The van der Waals surface area contributed by atoms with Crippen molar-refractivity contribution in [2.75, 3.05) is 37.9 Å². The Hall–Kier alpha value is -3.85. The molecule has 34 heavy (non-hydrogen) atoms. The van der Waals surface area contributed by atoms with Crippen LogP contribution in [0.2, 0.25) is 0 Å². The number of nitrogens with zero attached hydrogens (tertiary/aromatic N) is 4. The lowest BCUT2D eigenvalue weighted by Gasteiger charge is -2.12. The third kappa shape index (κ3) is 5.55. The average Bonchev–Trinajstić information content (AvgIpc) is 3.41. The monoisotopic (exact) mass is 462 g/mol. The predicted molar refractivity (Wildman–Crippen MR) is 133 cm³/mol. The molecule has 4 aromatic rings. The standard InChI is InChI=1S/C25H30N6O3/c1-25(2,3)22-15-23(29-34-22)28-24(32)27-17-6-8-18(9-7-17)31-16-26-20-14-19(10-11-21(20)31)33-13-12-30(4)5/h6-11,14-16H,12-13H2,1-5H3,(H2,27,28,29,32). The van der Waals surface area contributed by atoms with Crippen molar-refractivity contribution in [1.82, 2.24) is 19.6 Å². The molecule has 0 bridgehead atoms. The van der Waals surface area contributed by atoms with E-state index in [0.29, 0.717) is 23.9 Å². The minimum absolute atomic E-state index is 0.183. The molecule has 2 heterocycles. The van der Waals surface area contributed by atoms with Gasteiger partial charge in [0.2, 0.25) is 0 Å². The van der Waals surface area contributed by atoms with Crippen LogP contribution in [-0.4, -0.2) is 52.9 Å². The first-order valence-corrected chi connectivity index (χ1v) is 11.1. The van der Waals surface area contributed by atoms with Crippen LogP contribution in [-0.2, 0) is 5.41 Å². The molecule has 178 valence electrons. The largest absolute Gasteiger partial charge is 0.492 e. The van der Waals surface area contributed by atoms with Gasteiger partial charge >= 0.3 is 6.03 Å². The summed E-state index contributed by atoms with van der Waals surface area (Å²) >= 11 is 0. The van der Waals surface area contributed by atoms with E-state index in [-0.39, 0.29) is 5.41 Å². The second-order valence-corrected chi connectivity index (χ2v) is 9.37. The molecule has 0 saturated carbocycles. The van der Waals surface area contributed by atoms with Crippen LogP contribution in [0.1, 0.15) is 26.5 Å². The number of benzene rings is 2. The van der Waals surface area contributed by atoms with E-state index >= 15 is 0 Å². The van der Waals surface area contributed by atoms with Crippen molar-refractivity contribution in [3.05, 3.63) is 60.6 Å². The molecule has 0 spiro atoms. The van der Waals surface area contributed by atoms with E-state index in [2.05, 4.69) is 25.7 Å². The molecule has 0 aliphatic carbocycles. The molecule has 2 N–H and O–H groups in total. The second kappa shape index (κ2) is 9.56. The topological polar surface area (TPSA) is 97.5 Å². The molecule has 0 radical (unpaired) electrons. The number of hydrogen-bond donors (Lipinski definition) is 2. The summed E-state index contributed by atoms with van der Waals surface area (Å²) in [5, 5.41) is 9.40. The van der Waals surface area contributed by atoms with E-state index in [4.69, 9.17) is 9.26 Å². The zero-order valence-electron chi connectivity index (χ0n) is 20.1. The number of likely N-dealkylation sites (N-methyl/N-ethyl adjacent to an activating group) is 1. The molecule has 9 heteroatoms. The first kappa shape index (κ1) is 23.3. The third-order valence-corrected chi connectivity index (χ3v) is 5.22. The zero-order chi connectivity index (χ0) is 24.3. The highest BCUT2D eigenvalue weighted by molar-refractivity contribution is 5.99. The van der Waals surface area contributed by atoms with Gasteiger partial charge in [-0.25, -0.2) is 9.78 Å². The third-order valence-electron chi connectivity index (χ3n) is 5.22. The Morgan fingerprint density at radius 1 is 1.09 bits per heavy atom. The van der Waals surface area contributed by atoms with E-state index in [0.717, 1.165) is 29.0 Å². The van der Waals surface area contributed by atoms with Gasteiger partial charge in [-0.05, 0) is 50.5 Å². The van der Waals surface area contributed by atoms with Crippen molar-refractivity contribution in [3.63, 3.8) is 0 Å². The Morgan fingerprint density at radius 2 is 1.85 bits per heavy atom. The van der Waals surface area contributed by atoms with E-state index in [1.54, 1.807) is 12.4 Å². The number of carbonyl (C=O) groups excluding carboxylic acids is 1. The lowest BCUT2D eigenvalue weighted by atomic mass is 9.93. The van der Waals surface area contributed by atoms with Crippen molar-refractivity contribution in [2.45, 2.75) is 26.2 Å². The summed E-state index contributed by atoms with van der Waals surface area (Å²) in [6, 6.07) is 14.7. The first-order valence-electron chi connectivity index (χ1n) is 11.1. The molecule has 2 amide bonds. The van der Waals surface area contributed by atoms with Gasteiger partial charge in [-0.3, -0.25) is 9.88 Å². The van der Waals surface area contributed by atoms with Crippen molar-refractivity contribution < 1.29 is 14.1 Å². The van der Waals surface area contributed by atoms with Crippen LogP contribution < -0.4 is 15.4 Å². The minimum atomic E-state index is -0.392. The number of ether oxygens (including phenoxy) is 1. The lowest BCUT2D eigenvalue weighted by Crippen LogP contribution is -2.19. The molecule has 0 atom stereocenters. The van der Waals surface area contributed by atoms with Gasteiger partial charge in [-0.1, -0.05) is 25.9 Å². The van der Waals surface area contributed by atoms with E-state index in [9.17, 15) is 4.79 Å². The lowest BCUT2D eigenvalue weighted by molar-refractivity contribution is 0.261. The maximum absolute atomic E-state index is 12.3. The van der Waals surface area contributed by atoms with E-state index in [1.165, 1.54) is 0 Å². The van der Waals surface area contributed by atoms with Gasteiger partial charge in [0.15, 0.2) is 5.82 Å². The van der Waals surface area contributed by atoms with Gasteiger partial charge in [0.1, 0.15) is 24.4 Å². The van der Waals surface area contributed by atoms with Crippen molar-refractivity contribution in [1.29, 1.82) is 0 Å². The van der Waals surface area contributed by atoms with Crippen molar-refractivity contribution in [2.24, 2.45) is 0 Å². The molecule has 0 aliphatic heterocycles. The molecule has 0 aliphatic rings. The van der Waals surface area contributed by atoms with Gasteiger partial charge in [-0.15, -0.1) is 0 Å². The molecule has 4 rings (SSSR count). The number of fused-ring (bicyclic) bond motifs is 1. The maximum atomic E-state index is 12.3. The quantitative estimate of drug-likeness (QED) is 0.406. The number of rotatable bonds is 7. The summed E-state index contributed by atoms with van der Waals surface area (Å²) in [4.78, 5) is 18.9. The Labute approximate surface area is 198 Å². The van der Waals surface area contributed by atoms with Crippen LogP contribution in [0, 0.1) is 0 Å². The normalized spacial score (nSPS) is 11.7. The molecular weight excluding hydrogens is 432 g/mol. The highest BCUT2D eigenvalue weighted by Crippen LogP contribution is 2.25. The Kier molecular flexibility index (Phi) is 6.56. The van der Waals surface area contributed by atoms with Gasteiger partial charge in [-0.2, -0.15) is 0 Å². The minimum Gasteiger partial charge on any atom is -0.492 e. The fourth-order valence-corrected chi connectivity index (χ4v) is 3.31. The summed E-state index contributed by atoms with van der Waals surface area (Å²) in [7, 11) is 4.03. The number of imidazole rings is 1. The van der Waals surface area contributed by atoms with Crippen LogP contribution in [0.15, 0.2) is 59.4 Å². The van der Waals surface area contributed by atoms with Gasteiger partial charge in [0.25, 0.3) is 0 Å². The highest BCUT2D eigenvalue weighted by atomic mass is 16.5. The van der Waals surface area contributed by atoms with Gasteiger partial charge < -0.3 is 19.5 Å². The van der Waals surface area contributed by atoms with Crippen LogP contribution in [0.3, 0.4) is 0 Å². The van der Waals surface area contributed by atoms with Gasteiger partial charge in [0.05, 0.1) is 11.0 Å². The number of hydrogen-bond acceptors (Lipinski definition) is 6. The number of aromatic nitrogens is 3. The Morgan fingerprint density at radius 3 is 2.53 bits per heavy atom. The maximum Gasteiger partial charge on any atom is 0.324 e. The van der Waals surface area contributed by atoms with Crippen molar-refractivity contribution in [3.8, 4) is 11.4 Å². The summed E-state index contributed by atoms with van der Waals surface area (Å²) < 4.78 is 13.1. The molecule has 0 saturated heterocycles. The van der Waals surface area contributed by atoms with Crippen LogP contribution in [0.4, 0.5) is 16.3 Å². The number of urea groups is 1. The molecule has 2 aromatic heterocycles. The average molecular weight is 463 g/mol. The second-order valence-electron chi connectivity index (χ2n) is 9.37. The molecule has 0 fully saturated rings. The SMILES string of the molecule is CN(C)CCOc1ccc2c(c1)ncn2-c1ccc(NC(=O)Nc2cc(C(C)(C)C)on2)cc1. The molecule has 0 unspecified atom stereocenters. The van der Waals surface area contributed by atoms with Gasteiger partial charge in [0, 0.05) is 35.5 Å². The Bertz CT molecular complexity index is 1270. The first-order chi connectivity index (χ1) is 16.2. The molecule has 9 nitrogen and oxygen atoms in total. The summed E-state index contributed by atoms with van der Waals surface area (Å²) in [6.07, 6.45) is 1.78. The highest BCUT2D eigenvalue weighted by Gasteiger charge is 2.20. The summed E-state index contributed by atoms with van der Waals surface area (Å²) in [5.74, 6) is 1.87. The van der Waals surface area contributed by atoms with Crippen molar-refractivity contribution >= 4 is 28.6 Å². The predicted octanol–water partition coefficient (Wildman–Crippen LogP) is 4.90. The van der Waals surface area contributed by atoms with E-state index < -0.39 is 6.03 Å². The fraction of sp³-hybridized carbons (Fsp3) is 0.320. The zero-order valence-corrected chi connectivity index (χ0v) is 20.1. The van der Waals surface area contributed by atoms with E-state index in [1.807, 2.05) is 81.9 Å². The number of carbonyl (C=O) groups is 1. The number of anilines is 2. The van der Waals surface area contributed by atoms with Crippen LogP contribution in [0.5, 0.6) is 5.75 Å². The fourth-order valence-electron chi connectivity index (χ4n) is 3.31. The molecule has 2 aromatic carbocycles.